The van der Waals surface area contributed by atoms with Crippen molar-refractivity contribution in [2.75, 3.05) is 13.1 Å². The first kappa shape index (κ1) is 12.2. The molecule has 2 atom stereocenters. The second-order valence-electron chi connectivity index (χ2n) is 7.71. The lowest BCUT2D eigenvalue weighted by atomic mass is 9.89. The van der Waals surface area contributed by atoms with E-state index in [1.54, 1.807) is 5.56 Å². The van der Waals surface area contributed by atoms with Gasteiger partial charge in [0.2, 0.25) is 0 Å². The molecule has 2 aliphatic rings. The monoisotopic (exact) mass is 243 g/mol. The lowest BCUT2D eigenvalue weighted by Gasteiger charge is -2.34. The molecule has 2 unspecified atom stereocenters. The molecule has 1 heterocycles. The SMILES string of the molecule is Cc1ccc(C23CN(C(C)(C)C)CC2(C)C3)cc1. The zero-order chi connectivity index (χ0) is 13.2. The average molecular weight is 243 g/mol. The number of fused-ring (bicyclic) bond motifs is 1. The lowest BCUT2D eigenvalue weighted by molar-refractivity contribution is 0.144. The molecule has 2 fully saturated rings. The maximum atomic E-state index is 2.66. The van der Waals surface area contributed by atoms with Crippen LogP contribution < -0.4 is 0 Å². The van der Waals surface area contributed by atoms with E-state index in [9.17, 15) is 0 Å². The Labute approximate surface area is 111 Å². The van der Waals surface area contributed by atoms with E-state index in [2.05, 4.69) is 63.8 Å². The van der Waals surface area contributed by atoms with Gasteiger partial charge in [0, 0.05) is 24.0 Å². The predicted octanol–water partition coefficient (Wildman–Crippen LogP) is 3.76. The number of aryl methyl sites for hydroxylation is 1. The second-order valence-corrected chi connectivity index (χ2v) is 7.71. The predicted molar refractivity (Wildman–Crippen MR) is 76.9 cm³/mol. The Bertz CT molecular complexity index is 467. The molecule has 18 heavy (non-hydrogen) atoms. The van der Waals surface area contributed by atoms with Gasteiger partial charge < -0.3 is 0 Å². The van der Waals surface area contributed by atoms with Gasteiger partial charge in [-0.15, -0.1) is 0 Å². The molecule has 3 rings (SSSR count). The summed E-state index contributed by atoms with van der Waals surface area (Å²) in [5.41, 5.74) is 4.17. The topological polar surface area (TPSA) is 3.24 Å². The van der Waals surface area contributed by atoms with Crippen molar-refractivity contribution in [1.82, 2.24) is 4.90 Å². The molecule has 0 amide bonds. The summed E-state index contributed by atoms with van der Waals surface area (Å²) in [5.74, 6) is 0. The maximum Gasteiger partial charge on any atom is 0.0153 e. The molecule has 1 aromatic carbocycles. The van der Waals surface area contributed by atoms with Crippen LogP contribution in [0.25, 0.3) is 0 Å². The van der Waals surface area contributed by atoms with Gasteiger partial charge in [0.25, 0.3) is 0 Å². The molecule has 1 nitrogen and oxygen atoms in total. The smallest absolute Gasteiger partial charge is 0.0153 e. The van der Waals surface area contributed by atoms with Crippen LogP contribution in [0.1, 0.15) is 45.2 Å². The number of rotatable bonds is 1. The average Bonchev–Trinajstić information content (AvgIpc) is 2.72. The number of nitrogens with zero attached hydrogens (tertiary/aromatic N) is 1. The van der Waals surface area contributed by atoms with Crippen LogP contribution in [0.2, 0.25) is 0 Å². The summed E-state index contributed by atoms with van der Waals surface area (Å²) in [6.45, 7) is 14.1. The third kappa shape index (κ3) is 1.56. The third-order valence-electron chi connectivity index (χ3n) is 5.28. The Kier molecular flexibility index (Phi) is 2.30. The fourth-order valence-corrected chi connectivity index (χ4v) is 3.77. The van der Waals surface area contributed by atoms with Crippen molar-refractivity contribution in [3.05, 3.63) is 35.4 Å². The van der Waals surface area contributed by atoms with Crippen LogP contribution in [-0.4, -0.2) is 23.5 Å². The molecule has 98 valence electrons. The Hall–Kier alpha value is -0.820. The third-order valence-corrected chi connectivity index (χ3v) is 5.28. The van der Waals surface area contributed by atoms with E-state index < -0.39 is 0 Å². The first-order valence-electron chi connectivity index (χ1n) is 7.09. The highest BCUT2D eigenvalue weighted by Crippen LogP contribution is 2.69. The zero-order valence-electron chi connectivity index (χ0n) is 12.4. The summed E-state index contributed by atoms with van der Waals surface area (Å²) in [6, 6.07) is 9.24. The van der Waals surface area contributed by atoms with Crippen LogP contribution in [-0.2, 0) is 5.41 Å². The highest BCUT2D eigenvalue weighted by molar-refractivity contribution is 5.42. The Morgan fingerprint density at radius 1 is 1.06 bits per heavy atom. The van der Waals surface area contributed by atoms with Gasteiger partial charge in [-0.05, 0) is 45.1 Å². The van der Waals surface area contributed by atoms with E-state index in [1.807, 2.05) is 0 Å². The Morgan fingerprint density at radius 2 is 1.67 bits per heavy atom. The van der Waals surface area contributed by atoms with Crippen molar-refractivity contribution in [3.63, 3.8) is 0 Å². The van der Waals surface area contributed by atoms with Gasteiger partial charge in [0.05, 0.1) is 0 Å². The van der Waals surface area contributed by atoms with Gasteiger partial charge in [0.1, 0.15) is 0 Å². The first-order chi connectivity index (χ1) is 8.27. The molecule has 0 N–H and O–H groups in total. The lowest BCUT2D eigenvalue weighted by Crippen LogP contribution is -2.42. The number of benzene rings is 1. The quantitative estimate of drug-likeness (QED) is 0.726. The molecule has 0 radical (unpaired) electrons. The van der Waals surface area contributed by atoms with Crippen molar-refractivity contribution in [2.24, 2.45) is 5.41 Å². The van der Waals surface area contributed by atoms with E-state index in [0.29, 0.717) is 16.4 Å². The molecule has 1 saturated heterocycles. The minimum Gasteiger partial charge on any atom is -0.297 e. The van der Waals surface area contributed by atoms with Gasteiger partial charge in [-0.1, -0.05) is 36.8 Å². The van der Waals surface area contributed by atoms with Crippen LogP contribution in [0.5, 0.6) is 0 Å². The fraction of sp³-hybridized carbons (Fsp3) is 0.647. The van der Waals surface area contributed by atoms with Crippen molar-refractivity contribution in [2.45, 2.75) is 52.0 Å². The van der Waals surface area contributed by atoms with Crippen LogP contribution >= 0.6 is 0 Å². The summed E-state index contributed by atoms with van der Waals surface area (Å²) in [5, 5.41) is 0. The van der Waals surface area contributed by atoms with E-state index in [4.69, 9.17) is 0 Å². The highest BCUT2D eigenvalue weighted by Gasteiger charge is 2.70. The highest BCUT2D eigenvalue weighted by atomic mass is 15.3. The summed E-state index contributed by atoms with van der Waals surface area (Å²) in [4.78, 5) is 2.66. The summed E-state index contributed by atoms with van der Waals surface area (Å²) >= 11 is 0. The number of piperidine rings is 1. The number of hydrogen-bond donors (Lipinski definition) is 0. The first-order valence-corrected chi connectivity index (χ1v) is 7.09. The number of likely N-dealkylation sites (tertiary alicyclic amines) is 1. The summed E-state index contributed by atoms with van der Waals surface area (Å²) in [7, 11) is 0. The van der Waals surface area contributed by atoms with E-state index in [-0.39, 0.29) is 0 Å². The Morgan fingerprint density at radius 3 is 2.17 bits per heavy atom. The van der Waals surface area contributed by atoms with E-state index in [0.717, 1.165) is 0 Å². The normalized spacial score (nSPS) is 35.6. The molecule has 1 aliphatic heterocycles. The molecule has 0 aromatic heterocycles. The summed E-state index contributed by atoms with van der Waals surface area (Å²) < 4.78 is 0. The van der Waals surface area contributed by atoms with Crippen molar-refractivity contribution in [1.29, 1.82) is 0 Å². The molecular formula is C17H25N. The van der Waals surface area contributed by atoms with Gasteiger partial charge in [-0.2, -0.15) is 0 Å². The van der Waals surface area contributed by atoms with Crippen molar-refractivity contribution in [3.8, 4) is 0 Å². The Balaban J connectivity index is 1.92. The molecule has 1 aliphatic carbocycles. The molecule has 0 spiro atoms. The van der Waals surface area contributed by atoms with Crippen molar-refractivity contribution >= 4 is 0 Å². The number of hydrogen-bond acceptors (Lipinski definition) is 1. The minimum atomic E-state index is 0.300. The molecule has 1 heteroatoms. The zero-order valence-corrected chi connectivity index (χ0v) is 12.4. The van der Waals surface area contributed by atoms with E-state index >= 15 is 0 Å². The maximum absolute atomic E-state index is 2.66. The van der Waals surface area contributed by atoms with Crippen LogP contribution in [0.3, 0.4) is 0 Å². The summed E-state index contributed by atoms with van der Waals surface area (Å²) in [6.07, 6.45) is 1.37. The molecule has 1 saturated carbocycles. The van der Waals surface area contributed by atoms with Crippen LogP contribution in [0.15, 0.2) is 24.3 Å². The van der Waals surface area contributed by atoms with Gasteiger partial charge >= 0.3 is 0 Å². The van der Waals surface area contributed by atoms with Crippen molar-refractivity contribution < 1.29 is 0 Å². The van der Waals surface area contributed by atoms with Gasteiger partial charge in [-0.25, -0.2) is 0 Å². The largest absolute Gasteiger partial charge is 0.297 e. The van der Waals surface area contributed by atoms with Gasteiger partial charge in [-0.3, -0.25) is 4.90 Å². The van der Waals surface area contributed by atoms with Crippen LogP contribution in [0, 0.1) is 12.3 Å². The molecule has 0 bridgehead atoms. The van der Waals surface area contributed by atoms with E-state index in [1.165, 1.54) is 25.1 Å². The second kappa shape index (κ2) is 3.39. The minimum absolute atomic E-state index is 0.300. The fourth-order valence-electron chi connectivity index (χ4n) is 3.77. The molecule has 1 aromatic rings. The standard InChI is InChI=1S/C17H25N/c1-13-6-8-14(9-7-13)17-10-16(17,5)11-18(12-17)15(2,3)4/h6-9H,10-12H2,1-5H3. The molecular weight excluding hydrogens is 218 g/mol. The van der Waals surface area contributed by atoms with Crippen LogP contribution in [0.4, 0.5) is 0 Å². The van der Waals surface area contributed by atoms with Gasteiger partial charge in [0.15, 0.2) is 0 Å².